The number of hydrogen-bond donors (Lipinski definition) is 1. The molecule has 0 saturated heterocycles. The first kappa shape index (κ1) is 17.5. The number of fused-ring (bicyclic) bond motifs is 1. The van der Waals surface area contributed by atoms with Crippen LogP contribution in [0.2, 0.25) is 0 Å². The van der Waals surface area contributed by atoms with Gasteiger partial charge in [-0.25, -0.2) is 8.78 Å². The van der Waals surface area contributed by atoms with Crippen LogP contribution in [0.5, 0.6) is 0 Å². The molecule has 0 bridgehead atoms. The smallest absolute Gasteiger partial charge is 0.229 e. The van der Waals surface area contributed by atoms with E-state index in [1.807, 2.05) is 0 Å². The van der Waals surface area contributed by atoms with Gasteiger partial charge in [-0.15, -0.1) is 5.10 Å². The van der Waals surface area contributed by atoms with E-state index >= 15 is 0 Å². The Hall–Kier alpha value is -2.37. The molecule has 0 saturated carbocycles. The van der Waals surface area contributed by atoms with E-state index in [4.69, 9.17) is 5.73 Å². The Morgan fingerprint density at radius 1 is 1.28 bits per heavy atom. The summed E-state index contributed by atoms with van der Waals surface area (Å²) >= 11 is 0. The predicted molar refractivity (Wildman–Crippen MR) is 90.7 cm³/mol. The highest BCUT2D eigenvalue weighted by Crippen LogP contribution is 2.45. The molecule has 4 nitrogen and oxygen atoms in total. The lowest BCUT2D eigenvalue weighted by molar-refractivity contribution is -0.123. The van der Waals surface area contributed by atoms with Crippen molar-refractivity contribution in [1.29, 1.82) is 0 Å². The highest BCUT2D eigenvalue weighted by atomic mass is 19.1. The van der Waals surface area contributed by atoms with Crippen molar-refractivity contribution in [3.63, 3.8) is 0 Å². The van der Waals surface area contributed by atoms with Crippen LogP contribution in [0.4, 0.5) is 8.78 Å². The van der Waals surface area contributed by atoms with E-state index < -0.39 is 23.0 Å². The van der Waals surface area contributed by atoms with Crippen LogP contribution in [0.3, 0.4) is 0 Å². The maximum atomic E-state index is 14.1. The summed E-state index contributed by atoms with van der Waals surface area (Å²) in [7, 11) is 0. The number of nitrogens with two attached hydrogens (primary N) is 1. The summed E-state index contributed by atoms with van der Waals surface area (Å²) in [5.74, 6) is -1.42. The first-order valence-electron chi connectivity index (χ1n) is 8.38. The number of aromatic nitrogens is 2. The van der Waals surface area contributed by atoms with Crippen LogP contribution >= 0.6 is 0 Å². The molecule has 1 aliphatic carbocycles. The van der Waals surface area contributed by atoms with E-state index in [2.05, 4.69) is 24.0 Å². The SMILES string of the molecule is CC(C)[C@H]1CC[C@](C)(C(N)=O)c2nnc(-c3c(F)cccc3F)cc21. The second kappa shape index (κ2) is 6.17. The van der Waals surface area contributed by atoms with Gasteiger partial charge in [0.1, 0.15) is 11.6 Å². The molecular formula is C19H21F2N3O. The van der Waals surface area contributed by atoms with Gasteiger partial charge in [0.2, 0.25) is 5.91 Å². The monoisotopic (exact) mass is 345 g/mol. The van der Waals surface area contributed by atoms with Crippen LogP contribution < -0.4 is 5.73 Å². The van der Waals surface area contributed by atoms with Gasteiger partial charge in [0.05, 0.1) is 22.4 Å². The molecule has 2 atom stereocenters. The average molecular weight is 345 g/mol. The summed E-state index contributed by atoms with van der Waals surface area (Å²) in [5, 5.41) is 8.22. The number of primary amides is 1. The van der Waals surface area contributed by atoms with Crippen LogP contribution in [0, 0.1) is 17.6 Å². The fourth-order valence-corrected chi connectivity index (χ4v) is 3.63. The van der Waals surface area contributed by atoms with E-state index in [1.54, 1.807) is 13.0 Å². The normalized spacial score (nSPS) is 22.7. The minimum atomic E-state index is -0.917. The number of benzene rings is 1. The molecule has 0 aliphatic heterocycles. The number of rotatable bonds is 3. The number of carbonyl (C=O) groups excluding carboxylic acids is 1. The van der Waals surface area contributed by atoms with Gasteiger partial charge in [-0.3, -0.25) is 4.79 Å². The van der Waals surface area contributed by atoms with Gasteiger partial charge in [-0.1, -0.05) is 19.9 Å². The fourth-order valence-electron chi connectivity index (χ4n) is 3.63. The molecule has 0 radical (unpaired) electrons. The van der Waals surface area contributed by atoms with Crippen LogP contribution in [0.1, 0.15) is 50.8 Å². The third kappa shape index (κ3) is 2.79. The van der Waals surface area contributed by atoms with Crippen molar-refractivity contribution in [1.82, 2.24) is 10.2 Å². The number of amides is 1. The topological polar surface area (TPSA) is 68.9 Å². The average Bonchev–Trinajstić information content (AvgIpc) is 2.54. The van der Waals surface area contributed by atoms with Gasteiger partial charge in [0.25, 0.3) is 0 Å². The minimum absolute atomic E-state index is 0.131. The molecule has 1 aromatic heterocycles. The maximum Gasteiger partial charge on any atom is 0.229 e. The molecule has 0 spiro atoms. The third-order valence-corrected chi connectivity index (χ3v) is 5.27. The molecule has 132 valence electrons. The Bertz CT molecular complexity index is 817. The number of nitrogens with zero attached hydrogens (tertiary/aromatic N) is 2. The van der Waals surface area contributed by atoms with E-state index in [0.29, 0.717) is 18.0 Å². The van der Waals surface area contributed by atoms with E-state index in [-0.39, 0.29) is 17.2 Å². The number of halogens is 2. The first-order valence-corrected chi connectivity index (χ1v) is 8.38. The Morgan fingerprint density at radius 3 is 2.48 bits per heavy atom. The van der Waals surface area contributed by atoms with Crippen molar-refractivity contribution >= 4 is 5.91 Å². The van der Waals surface area contributed by atoms with Gasteiger partial charge in [0.15, 0.2) is 0 Å². The quantitative estimate of drug-likeness (QED) is 0.922. The fraction of sp³-hybridized carbons (Fsp3) is 0.421. The molecule has 2 N–H and O–H groups in total. The molecule has 1 aromatic carbocycles. The van der Waals surface area contributed by atoms with Gasteiger partial charge in [-0.2, -0.15) is 5.10 Å². The second-order valence-electron chi connectivity index (χ2n) is 7.22. The summed E-state index contributed by atoms with van der Waals surface area (Å²) in [5.41, 5.74) is 5.94. The zero-order valence-corrected chi connectivity index (χ0v) is 14.5. The van der Waals surface area contributed by atoms with Crippen molar-refractivity contribution in [2.24, 2.45) is 11.7 Å². The van der Waals surface area contributed by atoms with Crippen molar-refractivity contribution in [2.45, 2.75) is 44.9 Å². The lowest BCUT2D eigenvalue weighted by atomic mass is 9.67. The van der Waals surface area contributed by atoms with Gasteiger partial charge in [0, 0.05) is 0 Å². The Balaban J connectivity index is 2.22. The van der Waals surface area contributed by atoms with Gasteiger partial charge < -0.3 is 5.73 Å². The van der Waals surface area contributed by atoms with E-state index in [0.717, 1.165) is 12.0 Å². The Labute approximate surface area is 145 Å². The molecular weight excluding hydrogens is 324 g/mol. The van der Waals surface area contributed by atoms with Gasteiger partial charge in [-0.05, 0) is 55.4 Å². The van der Waals surface area contributed by atoms with Crippen molar-refractivity contribution in [3.05, 3.63) is 47.2 Å². The predicted octanol–water partition coefficient (Wildman–Crippen LogP) is 3.70. The summed E-state index contributed by atoms with van der Waals surface area (Å²) in [6.07, 6.45) is 1.34. The van der Waals surface area contributed by atoms with Gasteiger partial charge >= 0.3 is 0 Å². The largest absolute Gasteiger partial charge is 0.369 e. The molecule has 6 heteroatoms. The molecule has 25 heavy (non-hydrogen) atoms. The van der Waals surface area contributed by atoms with Crippen molar-refractivity contribution < 1.29 is 13.6 Å². The van der Waals surface area contributed by atoms with E-state index in [1.165, 1.54) is 18.2 Å². The highest BCUT2D eigenvalue weighted by Gasteiger charge is 2.43. The lowest BCUT2D eigenvalue weighted by Crippen LogP contribution is -2.43. The lowest BCUT2D eigenvalue weighted by Gasteiger charge is -2.37. The molecule has 1 heterocycles. The van der Waals surface area contributed by atoms with Crippen LogP contribution in [-0.4, -0.2) is 16.1 Å². The summed E-state index contributed by atoms with van der Waals surface area (Å²) < 4.78 is 28.2. The van der Waals surface area contributed by atoms with Crippen LogP contribution in [-0.2, 0) is 10.2 Å². The maximum absolute atomic E-state index is 14.1. The Kier molecular flexibility index (Phi) is 4.31. The third-order valence-electron chi connectivity index (χ3n) is 5.27. The zero-order valence-electron chi connectivity index (χ0n) is 14.5. The number of hydrogen-bond acceptors (Lipinski definition) is 3. The van der Waals surface area contributed by atoms with Crippen molar-refractivity contribution in [2.75, 3.05) is 0 Å². The van der Waals surface area contributed by atoms with Crippen molar-refractivity contribution in [3.8, 4) is 11.3 Å². The highest BCUT2D eigenvalue weighted by molar-refractivity contribution is 5.86. The first-order chi connectivity index (χ1) is 11.8. The minimum Gasteiger partial charge on any atom is -0.369 e. The number of carbonyl (C=O) groups is 1. The molecule has 2 aromatic rings. The standard InChI is InChI=1S/C19H21F2N3O/c1-10(2)11-7-8-19(3,18(22)25)17-12(11)9-15(23-24-17)16-13(20)5-4-6-14(16)21/h4-6,9-11H,7-8H2,1-3H3,(H2,22,25)/t11-,19+/m1/s1. The summed E-state index contributed by atoms with van der Waals surface area (Å²) in [6.45, 7) is 5.90. The molecule has 1 amide bonds. The molecule has 3 rings (SSSR count). The molecule has 0 unspecified atom stereocenters. The molecule has 0 fully saturated rings. The zero-order chi connectivity index (χ0) is 18.4. The summed E-state index contributed by atoms with van der Waals surface area (Å²) in [6, 6.07) is 5.34. The van der Waals surface area contributed by atoms with E-state index in [9.17, 15) is 13.6 Å². The van der Waals surface area contributed by atoms with Crippen LogP contribution in [0.25, 0.3) is 11.3 Å². The Morgan fingerprint density at radius 2 is 1.92 bits per heavy atom. The molecule has 1 aliphatic rings. The second-order valence-corrected chi connectivity index (χ2v) is 7.22. The summed E-state index contributed by atoms with van der Waals surface area (Å²) in [4.78, 5) is 12.0. The van der Waals surface area contributed by atoms with Crippen LogP contribution in [0.15, 0.2) is 24.3 Å².